The summed E-state index contributed by atoms with van der Waals surface area (Å²) in [6.07, 6.45) is 4.41. The Morgan fingerprint density at radius 3 is 2.19 bits per heavy atom. The Balaban J connectivity index is 1.87. The molecule has 0 radical (unpaired) electrons. The second kappa shape index (κ2) is 4.33. The molecule has 3 unspecified atom stereocenters. The lowest BCUT2D eigenvalue weighted by molar-refractivity contribution is -0.0550. The van der Waals surface area contributed by atoms with Crippen LogP contribution in [0.2, 0.25) is 0 Å². The maximum atomic E-state index is 3.62. The van der Waals surface area contributed by atoms with E-state index in [2.05, 4.69) is 39.9 Å². The Morgan fingerprint density at radius 2 is 1.81 bits per heavy atom. The summed E-state index contributed by atoms with van der Waals surface area (Å²) in [5.41, 5.74) is 0.534. The molecule has 2 aliphatic carbocycles. The molecule has 2 aliphatic rings. The number of nitrogens with one attached hydrogen (secondary N) is 1. The van der Waals surface area contributed by atoms with Crippen molar-refractivity contribution in [3.05, 3.63) is 0 Å². The highest BCUT2D eigenvalue weighted by Gasteiger charge is 2.50. The van der Waals surface area contributed by atoms with Gasteiger partial charge in [-0.25, -0.2) is 0 Å². The molecule has 1 N–H and O–H groups in total. The molecule has 2 fully saturated rings. The third-order valence-corrected chi connectivity index (χ3v) is 5.29. The molecular formula is C15H29N. The normalized spacial score (nSPS) is 43.7. The van der Waals surface area contributed by atoms with Gasteiger partial charge in [0.2, 0.25) is 0 Å². The van der Waals surface area contributed by atoms with E-state index in [1.165, 1.54) is 19.3 Å². The van der Waals surface area contributed by atoms with E-state index >= 15 is 0 Å². The second-order valence-corrected chi connectivity index (χ2v) is 7.14. The van der Waals surface area contributed by atoms with E-state index in [1.54, 1.807) is 0 Å². The van der Waals surface area contributed by atoms with Gasteiger partial charge in [0.25, 0.3) is 0 Å². The van der Waals surface area contributed by atoms with Crippen LogP contribution in [0.15, 0.2) is 0 Å². The highest BCUT2D eigenvalue weighted by atomic mass is 14.9. The zero-order valence-electron chi connectivity index (χ0n) is 11.7. The van der Waals surface area contributed by atoms with Gasteiger partial charge in [-0.1, -0.05) is 34.6 Å². The molecule has 2 rings (SSSR count). The first kappa shape index (κ1) is 12.4. The fourth-order valence-corrected chi connectivity index (χ4v) is 4.03. The lowest BCUT2D eigenvalue weighted by Gasteiger charge is -2.56. The first-order chi connectivity index (χ1) is 7.45. The molecule has 0 bridgehead atoms. The summed E-state index contributed by atoms with van der Waals surface area (Å²) >= 11 is 0. The van der Waals surface area contributed by atoms with E-state index in [0.29, 0.717) is 5.41 Å². The predicted octanol–water partition coefficient (Wildman–Crippen LogP) is 3.69. The van der Waals surface area contributed by atoms with Crippen LogP contribution in [0.4, 0.5) is 0 Å². The standard InChI is InChI=1S/C15H29N/c1-6-16-14-9-12(10(14)2)11-7-8-13(11)15(3,4)5/h10-14,16H,6-9H2,1-5H3/t10?,11?,12-,13?,14+/m1/s1. The Bertz CT molecular complexity index is 240. The summed E-state index contributed by atoms with van der Waals surface area (Å²) < 4.78 is 0. The molecule has 0 aromatic heterocycles. The van der Waals surface area contributed by atoms with Crippen molar-refractivity contribution in [1.82, 2.24) is 5.32 Å². The van der Waals surface area contributed by atoms with Crippen LogP contribution in [-0.2, 0) is 0 Å². The largest absolute Gasteiger partial charge is 0.314 e. The summed E-state index contributed by atoms with van der Waals surface area (Å²) in [5.74, 6) is 3.95. The van der Waals surface area contributed by atoms with Crippen LogP contribution in [0.1, 0.15) is 53.9 Å². The van der Waals surface area contributed by atoms with Gasteiger partial charge < -0.3 is 5.32 Å². The summed E-state index contributed by atoms with van der Waals surface area (Å²) in [4.78, 5) is 0. The van der Waals surface area contributed by atoms with Crippen molar-refractivity contribution in [3.63, 3.8) is 0 Å². The fourth-order valence-electron chi connectivity index (χ4n) is 4.03. The quantitative estimate of drug-likeness (QED) is 0.769. The second-order valence-electron chi connectivity index (χ2n) is 7.14. The van der Waals surface area contributed by atoms with Gasteiger partial charge in [-0.3, -0.25) is 0 Å². The number of hydrogen-bond donors (Lipinski definition) is 1. The molecule has 0 aliphatic heterocycles. The van der Waals surface area contributed by atoms with Crippen molar-refractivity contribution < 1.29 is 0 Å². The predicted molar refractivity (Wildman–Crippen MR) is 70.4 cm³/mol. The lowest BCUT2D eigenvalue weighted by atomic mass is 9.50. The number of hydrogen-bond acceptors (Lipinski definition) is 1. The molecule has 2 saturated carbocycles. The number of rotatable bonds is 3. The third-order valence-electron chi connectivity index (χ3n) is 5.29. The van der Waals surface area contributed by atoms with Crippen LogP contribution < -0.4 is 5.32 Å². The minimum Gasteiger partial charge on any atom is -0.314 e. The molecular weight excluding hydrogens is 194 g/mol. The van der Waals surface area contributed by atoms with Crippen molar-refractivity contribution in [3.8, 4) is 0 Å². The van der Waals surface area contributed by atoms with Crippen molar-refractivity contribution in [2.45, 2.75) is 59.9 Å². The van der Waals surface area contributed by atoms with Gasteiger partial charge in [0.15, 0.2) is 0 Å². The highest BCUT2D eigenvalue weighted by molar-refractivity contribution is 5.01. The van der Waals surface area contributed by atoms with Gasteiger partial charge in [-0.15, -0.1) is 0 Å². The molecule has 5 atom stereocenters. The van der Waals surface area contributed by atoms with Crippen LogP contribution in [0.5, 0.6) is 0 Å². The van der Waals surface area contributed by atoms with E-state index in [0.717, 1.165) is 36.3 Å². The van der Waals surface area contributed by atoms with Gasteiger partial charge in [0.1, 0.15) is 0 Å². The van der Waals surface area contributed by atoms with Crippen molar-refractivity contribution in [2.75, 3.05) is 6.54 Å². The molecule has 16 heavy (non-hydrogen) atoms. The van der Waals surface area contributed by atoms with Crippen LogP contribution in [0.3, 0.4) is 0 Å². The molecule has 0 aromatic rings. The zero-order chi connectivity index (χ0) is 11.9. The molecule has 94 valence electrons. The molecule has 0 heterocycles. The van der Waals surface area contributed by atoms with Crippen molar-refractivity contribution in [2.24, 2.45) is 29.1 Å². The molecule has 0 spiro atoms. The average molecular weight is 223 g/mol. The van der Waals surface area contributed by atoms with Gasteiger partial charge in [0, 0.05) is 6.04 Å². The smallest absolute Gasteiger partial charge is 0.00981 e. The maximum absolute atomic E-state index is 3.62. The first-order valence-electron chi connectivity index (χ1n) is 7.18. The van der Waals surface area contributed by atoms with E-state index in [1.807, 2.05) is 0 Å². The molecule has 0 amide bonds. The summed E-state index contributed by atoms with van der Waals surface area (Å²) in [6.45, 7) is 13.1. The van der Waals surface area contributed by atoms with Gasteiger partial charge in [-0.05, 0) is 54.9 Å². The maximum Gasteiger partial charge on any atom is 0.00981 e. The van der Waals surface area contributed by atoms with Crippen molar-refractivity contribution >= 4 is 0 Å². The van der Waals surface area contributed by atoms with E-state index in [9.17, 15) is 0 Å². The Labute approximate surface area is 101 Å². The van der Waals surface area contributed by atoms with Gasteiger partial charge in [0.05, 0.1) is 0 Å². The van der Waals surface area contributed by atoms with Crippen LogP contribution >= 0.6 is 0 Å². The minimum atomic E-state index is 0.534. The van der Waals surface area contributed by atoms with Crippen LogP contribution in [0, 0.1) is 29.1 Å². The lowest BCUT2D eigenvalue weighted by Crippen LogP contribution is -2.55. The van der Waals surface area contributed by atoms with Crippen LogP contribution in [-0.4, -0.2) is 12.6 Å². The zero-order valence-corrected chi connectivity index (χ0v) is 11.7. The Kier molecular flexibility index (Phi) is 3.36. The van der Waals surface area contributed by atoms with Gasteiger partial charge >= 0.3 is 0 Å². The van der Waals surface area contributed by atoms with E-state index in [4.69, 9.17) is 0 Å². The fraction of sp³-hybridized carbons (Fsp3) is 1.00. The van der Waals surface area contributed by atoms with E-state index < -0.39 is 0 Å². The monoisotopic (exact) mass is 223 g/mol. The average Bonchev–Trinajstić information content (AvgIpc) is 2.11. The van der Waals surface area contributed by atoms with E-state index in [-0.39, 0.29) is 0 Å². The first-order valence-corrected chi connectivity index (χ1v) is 7.18. The summed E-state index contributed by atoms with van der Waals surface area (Å²) in [6, 6.07) is 0.816. The third kappa shape index (κ3) is 2.03. The topological polar surface area (TPSA) is 12.0 Å². The molecule has 0 saturated heterocycles. The van der Waals surface area contributed by atoms with Crippen molar-refractivity contribution in [1.29, 1.82) is 0 Å². The Morgan fingerprint density at radius 1 is 1.12 bits per heavy atom. The summed E-state index contributed by atoms with van der Waals surface area (Å²) in [5, 5.41) is 3.62. The van der Waals surface area contributed by atoms with Crippen LogP contribution in [0.25, 0.3) is 0 Å². The summed E-state index contributed by atoms with van der Waals surface area (Å²) in [7, 11) is 0. The van der Waals surface area contributed by atoms with Gasteiger partial charge in [-0.2, -0.15) is 0 Å². The Hall–Kier alpha value is -0.0400. The SMILES string of the molecule is CCN[C@H]1C[C@@H](C2CCC2C(C)(C)C)C1C. The molecule has 1 nitrogen and oxygen atoms in total. The molecule has 0 aromatic carbocycles. The minimum absolute atomic E-state index is 0.534. The highest BCUT2D eigenvalue weighted by Crippen LogP contribution is 2.55. The molecule has 1 heteroatoms.